The third-order valence-electron chi connectivity index (χ3n) is 11.0. The zero-order chi connectivity index (χ0) is 53.6. The van der Waals surface area contributed by atoms with E-state index in [-0.39, 0.29) is 24.8 Å². The van der Waals surface area contributed by atoms with Gasteiger partial charge in [-0.1, -0.05) is 131 Å². The first-order valence-corrected chi connectivity index (χ1v) is 28.7. The van der Waals surface area contributed by atoms with Crippen molar-refractivity contribution < 1.29 is 71.4 Å². The second-order valence-electron chi connectivity index (χ2n) is 17.5. The minimum absolute atomic E-state index is 0.000730. The van der Waals surface area contributed by atoms with E-state index in [1.165, 1.54) is 25.3 Å². The van der Waals surface area contributed by atoms with Crippen LogP contribution in [0.5, 0.6) is 0 Å². The summed E-state index contributed by atoms with van der Waals surface area (Å²) < 4.78 is 56.7. The second kappa shape index (κ2) is 39.3. The Bertz CT molecular complexity index is 2070. The Balaban J connectivity index is 1.84. The van der Waals surface area contributed by atoms with Gasteiger partial charge < -0.3 is 45.1 Å². The number of phosphoric acid groups is 2. The van der Waals surface area contributed by atoms with Crippen molar-refractivity contribution in [2.75, 3.05) is 25.6 Å². The summed E-state index contributed by atoms with van der Waals surface area (Å²) in [7, 11) is -10.9. The first-order valence-electron chi connectivity index (χ1n) is 25.7. The maximum atomic E-state index is 12.9. The summed E-state index contributed by atoms with van der Waals surface area (Å²) in [5, 5.41) is 30.7. The number of aliphatic hydroxyl groups is 3. The molecule has 2 heterocycles. The van der Waals surface area contributed by atoms with E-state index in [9.17, 15) is 48.6 Å². The number of unbranched alkanes of at least 4 members (excludes halogenated alkanes) is 8. The van der Waals surface area contributed by atoms with E-state index >= 15 is 0 Å². The van der Waals surface area contributed by atoms with E-state index in [4.69, 9.17) is 29.0 Å². The number of rotatable bonds is 41. The number of carbonyl (C=O) groups is 2. The van der Waals surface area contributed by atoms with Crippen LogP contribution < -0.4 is 11.4 Å². The van der Waals surface area contributed by atoms with Crippen molar-refractivity contribution in [2.45, 2.75) is 185 Å². The van der Waals surface area contributed by atoms with Crippen LogP contribution >= 0.6 is 15.6 Å². The van der Waals surface area contributed by atoms with Crippen molar-refractivity contribution in [3.05, 3.63) is 108 Å². The predicted octanol–water partition coefficient (Wildman–Crippen LogP) is 9.64. The molecule has 21 heteroatoms. The SMILES string of the molecule is CCCCC/C=C\C/C=C\C/C=C\CCCCCCC(=O)O[C@H](COC(=O)CCC/C=C\C/C=C\C/C=C\C/C=C\CC(O)CCC)COP(=O)(O)OP(=O)(O)OC[C@H]1O[C@@H](n2ccc(N)nc2=O)[C@H](O)[C@@H]1O. The Hall–Kier alpha value is -4.10. The molecule has 1 aromatic heterocycles. The molecule has 0 aliphatic carbocycles. The second-order valence-corrected chi connectivity index (χ2v) is 20.5. The minimum Gasteiger partial charge on any atom is -0.462 e. The van der Waals surface area contributed by atoms with E-state index in [1.54, 1.807) is 0 Å². The standard InChI is InChI=1S/C52H83N3O16P2/c1-3-5-6-7-8-9-10-11-12-13-14-17-21-24-27-30-33-37-48(58)69-44(40-66-47(57)36-32-29-26-23-20-18-15-16-19-22-25-28-31-35-43(56)34-4-2)41-67-72(62,63)71-73(64,65)68-42-45-49(59)50(60)51(70-45)55-39-38-46(53)54-52(55)61/h8-9,11-12,14-15,17-19,22-23,26,28,31,38-39,43-45,49-51,56,59-60H,3-7,10,13,16,20-21,24-25,27,29-30,32-37,40-42H2,1-2H3,(H,62,63)(H,64,65)(H2,53,54,61)/b9-8-,12-11-,17-14-,18-15-,22-19-,26-23-,31-28-/t43?,44-,45-,49-,50-,51-/m1/s1. The van der Waals surface area contributed by atoms with Crippen molar-refractivity contribution >= 4 is 33.4 Å². The predicted molar refractivity (Wildman–Crippen MR) is 281 cm³/mol. The van der Waals surface area contributed by atoms with E-state index in [0.717, 1.165) is 87.8 Å². The van der Waals surface area contributed by atoms with E-state index in [0.29, 0.717) is 25.7 Å². The summed E-state index contributed by atoms with van der Waals surface area (Å²) in [6.45, 7) is 1.84. The third-order valence-corrected chi connectivity index (χ3v) is 13.6. The first kappa shape index (κ1) is 65.0. The number of anilines is 1. The topological polar surface area (TPSA) is 286 Å². The van der Waals surface area contributed by atoms with Crippen LogP contribution in [0.4, 0.5) is 5.82 Å². The molecule has 73 heavy (non-hydrogen) atoms. The fourth-order valence-electron chi connectivity index (χ4n) is 7.03. The van der Waals surface area contributed by atoms with Gasteiger partial charge in [-0.2, -0.15) is 9.29 Å². The number of esters is 2. The van der Waals surface area contributed by atoms with Crippen LogP contribution in [-0.4, -0.2) is 96.9 Å². The highest BCUT2D eigenvalue weighted by Gasteiger charge is 2.46. The number of allylic oxidation sites excluding steroid dienone is 13. The molecule has 1 saturated heterocycles. The lowest BCUT2D eigenvalue weighted by Gasteiger charge is -2.21. The zero-order valence-corrected chi connectivity index (χ0v) is 44.6. The molecule has 0 saturated carbocycles. The highest BCUT2D eigenvalue weighted by atomic mass is 31.3. The molecule has 412 valence electrons. The van der Waals surface area contributed by atoms with Gasteiger partial charge in [-0.05, 0) is 96.0 Å². The molecule has 0 spiro atoms. The molecule has 1 aliphatic rings. The smallest absolute Gasteiger partial charge is 0.462 e. The summed E-state index contributed by atoms with van der Waals surface area (Å²) in [6.07, 6.45) is 38.7. The van der Waals surface area contributed by atoms with Gasteiger partial charge in [-0.3, -0.25) is 23.2 Å². The fourth-order valence-corrected chi connectivity index (χ4v) is 9.14. The Morgan fingerprint density at radius 3 is 1.84 bits per heavy atom. The van der Waals surface area contributed by atoms with Crippen molar-refractivity contribution in [3.63, 3.8) is 0 Å². The molecule has 1 aliphatic heterocycles. The Kier molecular flexibility index (Phi) is 35.0. The monoisotopic (exact) mass is 1070 g/mol. The number of aromatic nitrogens is 2. The van der Waals surface area contributed by atoms with Crippen LogP contribution in [0.2, 0.25) is 0 Å². The largest absolute Gasteiger partial charge is 0.481 e. The molecule has 0 radical (unpaired) electrons. The van der Waals surface area contributed by atoms with Gasteiger partial charge in [0.15, 0.2) is 12.3 Å². The lowest BCUT2D eigenvalue weighted by molar-refractivity contribution is -0.161. The summed E-state index contributed by atoms with van der Waals surface area (Å²) in [5.74, 6) is -1.42. The number of hydrogen-bond donors (Lipinski definition) is 6. The van der Waals surface area contributed by atoms with Crippen LogP contribution in [0.25, 0.3) is 0 Å². The van der Waals surface area contributed by atoms with E-state index in [1.807, 2.05) is 37.3 Å². The molecule has 0 amide bonds. The molecular formula is C52H83N3O16P2. The third kappa shape index (κ3) is 32.1. The number of carbonyl (C=O) groups excluding carboxylic acids is 2. The van der Waals surface area contributed by atoms with Crippen LogP contribution in [0.15, 0.2) is 102 Å². The Morgan fingerprint density at radius 1 is 0.712 bits per heavy atom. The molecule has 3 unspecified atom stereocenters. The summed E-state index contributed by atoms with van der Waals surface area (Å²) in [5.41, 5.74) is 4.58. The Morgan fingerprint density at radius 2 is 1.25 bits per heavy atom. The number of nitrogen functional groups attached to an aromatic ring is 1. The molecule has 0 bridgehead atoms. The average molecular weight is 1070 g/mol. The van der Waals surface area contributed by atoms with Crippen LogP contribution in [0.3, 0.4) is 0 Å². The van der Waals surface area contributed by atoms with Crippen molar-refractivity contribution in [3.8, 4) is 0 Å². The number of nitrogens with zero attached hydrogens (tertiary/aromatic N) is 2. The van der Waals surface area contributed by atoms with Gasteiger partial charge in [-0.25, -0.2) is 13.9 Å². The molecule has 2 rings (SSSR count). The van der Waals surface area contributed by atoms with E-state index in [2.05, 4.69) is 70.9 Å². The first-order chi connectivity index (χ1) is 35.1. The van der Waals surface area contributed by atoms with Gasteiger partial charge in [0, 0.05) is 19.0 Å². The molecule has 19 nitrogen and oxygen atoms in total. The van der Waals surface area contributed by atoms with E-state index < -0.39 is 83.7 Å². The summed E-state index contributed by atoms with van der Waals surface area (Å²) in [6, 6.07) is 1.24. The average Bonchev–Trinajstić information content (AvgIpc) is 3.62. The van der Waals surface area contributed by atoms with Crippen LogP contribution in [0.1, 0.15) is 155 Å². The summed E-state index contributed by atoms with van der Waals surface area (Å²) in [4.78, 5) is 61.9. The van der Waals surface area contributed by atoms with Gasteiger partial charge in [0.05, 0.1) is 19.3 Å². The Labute approximate surface area is 431 Å². The van der Waals surface area contributed by atoms with Gasteiger partial charge in [0.1, 0.15) is 30.7 Å². The van der Waals surface area contributed by atoms with Gasteiger partial charge >= 0.3 is 33.3 Å². The number of aliphatic hydroxyl groups excluding tert-OH is 3. The molecular weight excluding hydrogens is 985 g/mol. The highest BCUT2D eigenvalue weighted by molar-refractivity contribution is 7.61. The normalized spacial score (nSPS) is 20.1. The van der Waals surface area contributed by atoms with Crippen molar-refractivity contribution in [2.24, 2.45) is 0 Å². The number of ether oxygens (including phenoxy) is 3. The molecule has 7 N–H and O–H groups in total. The lowest BCUT2D eigenvalue weighted by Crippen LogP contribution is -2.36. The lowest BCUT2D eigenvalue weighted by atomic mass is 10.1. The fraction of sp³-hybridized carbons (Fsp3) is 0.615. The van der Waals surface area contributed by atoms with Gasteiger partial charge in [-0.15, -0.1) is 0 Å². The summed E-state index contributed by atoms with van der Waals surface area (Å²) >= 11 is 0. The maximum Gasteiger partial charge on any atom is 0.481 e. The number of nitrogens with two attached hydrogens (primary N) is 1. The van der Waals surface area contributed by atoms with Gasteiger partial charge in [0.25, 0.3) is 0 Å². The highest BCUT2D eigenvalue weighted by Crippen LogP contribution is 2.60. The van der Waals surface area contributed by atoms with Gasteiger partial charge in [0.2, 0.25) is 0 Å². The number of hydrogen-bond acceptors (Lipinski definition) is 16. The molecule has 1 aromatic rings. The zero-order valence-electron chi connectivity index (χ0n) is 42.8. The molecule has 1 fully saturated rings. The molecule has 0 aromatic carbocycles. The van der Waals surface area contributed by atoms with Crippen molar-refractivity contribution in [1.82, 2.24) is 9.55 Å². The minimum atomic E-state index is -5.45. The van der Waals surface area contributed by atoms with Crippen LogP contribution in [-0.2, 0) is 46.3 Å². The molecule has 8 atom stereocenters. The van der Waals surface area contributed by atoms with Crippen molar-refractivity contribution in [1.29, 1.82) is 0 Å². The number of phosphoric ester groups is 2. The quantitative estimate of drug-likeness (QED) is 0.0154. The maximum absolute atomic E-state index is 12.9. The van der Waals surface area contributed by atoms with Crippen LogP contribution in [0, 0.1) is 0 Å².